The van der Waals surface area contributed by atoms with Crippen molar-refractivity contribution in [2.24, 2.45) is 0 Å². The van der Waals surface area contributed by atoms with Crippen LogP contribution in [0.15, 0.2) is 42.5 Å². The van der Waals surface area contributed by atoms with E-state index in [0.29, 0.717) is 17.9 Å². The Bertz CT molecular complexity index is 854. The van der Waals surface area contributed by atoms with E-state index in [1.165, 1.54) is 24.3 Å². The van der Waals surface area contributed by atoms with E-state index in [1.807, 2.05) is 6.92 Å². The Morgan fingerprint density at radius 2 is 1.89 bits per heavy atom. The van der Waals surface area contributed by atoms with Crippen LogP contribution in [0.3, 0.4) is 0 Å². The monoisotopic (exact) mass is 390 g/mol. The van der Waals surface area contributed by atoms with Crippen LogP contribution < -0.4 is 10.1 Å². The predicted molar refractivity (Wildman–Crippen MR) is 98.8 cm³/mol. The van der Waals surface area contributed by atoms with Crippen LogP contribution in [0, 0.1) is 15.9 Å². The molecule has 0 heterocycles. The van der Waals surface area contributed by atoms with Crippen LogP contribution in [0.4, 0.5) is 15.8 Å². The van der Waals surface area contributed by atoms with Crippen molar-refractivity contribution in [3.63, 3.8) is 0 Å². The summed E-state index contributed by atoms with van der Waals surface area (Å²) in [5, 5.41) is 13.4. The summed E-state index contributed by atoms with van der Waals surface area (Å²) >= 11 is 0. The predicted octanol–water partition coefficient (Wildman–Crippen LogP) is 3.71. The maximum absolute atomic E-state index is 13.2. The van der Waals surface area contributed by atoms with Gasteiger partial charge in [-0.2, -0.15) is 0 Å². The summed E-state index contributed by atoms with van der Waals surface area (Å²) in [6.07, 6.45) is 1.70. The van der Waals surface area contributed by atoms with Gasteiger partial charge in [-0.05, 0) is 36.8 Å². The van der Waals surface area contributed by atoms with Gasteiger partial charge in [0.15, 0.2) is 6.61 Å². The van der Waals surface area contributed by atoms with Gasteiger partial charge in [0, 0.05) is 17.8 Å². The number of nitrogens with one attached hydrogen (secondary N) is 1. The fraction of sp³-hybridized carbons (Fsp3) is 0.263. The minimum absolute atomic E-state index is 0.342. The van der Waals surface area contributed by atoms with Crippen molar-refractivity contribution in [2.45, 2.75) is 19.8 Å². The first-order valence-electron chi connectivity index (χ1n) is 8.54. The summed E-state index contributed by atoms with van der Waals surface area (Å²) in [4.78, 5) is 33.9. The quantitative estimate of drug-likeness (QED) is 0.303. The van der Waals surface area contributed by atoms with E-state index in [9.17, 15) is 24.1 Å². The molecule has 0 aliphatic carbocycles. The van der Waals surface area contributed by atoms with E-state index in [4.69, 9.17) is 9.47 Å². The molecule has 0 aliphatic rings. The van der Waals surface area contributed by atoms with Gasteiger partial charge in [0.05, 0.1) is 17.1 Å². The van der Waals surface area contributed by atoms with E-state index < -0.39 is 34.9 Å². The fourth-order valence-corrected chi connectivity index (χ4v) is 2.18. The molecule has 1 N–H and O–H groups in total. The second-order valence-corrected chi connectivity index (χ2v) is 5.77. The lowest BCUT2D eigenvalue weighted by molar-refractivity contribution is -0.385. The highest BCUT2D eigenvalue weighted by molar-refractivity contribution is 5.93. The summed E-state index contributed by atoms with van der Waals surface area (Å²) in [5.74, 6) is -2.11. The number of rotatable bonds is 9. The van der Waals surface area contributed by atoms with Gasteiger partial charge < -0.3 is 14.8 Å². The lowest BCUT2D eigenvalue weighted by Gasteiger charge is -2.09. The Morgan fingerprint density at radius 3 is 2.54 bits per heavy atom. The van der Waals surface area contributed by atoms with Gasteiger partial charge in [-0.15, -0.1) is 0 Å². The minimum atomic E-state index is -0.731. The van der Waals surface area contributed by atoms with Crippen LogP contribution in [-0.2, 0) is 9.53 Å². The largest absolute Gasteiger partial charge is 0.477 e. The number of nitrogens with zero attached hydrogens (tertiary/aromatic N) is 1. The maximum atomic E-state index is 13.2. The Balaban J connectivity index is 1.91. The van der Waals surface area contributed by atoms with Gasteiger partial charge in [-0.3, -0.25) is 14.9 Å². The molecule has 0 radical (unpaired) electrons. The number of benzene rings is 2. The molecule has 0 bridgehead atoms. The van der Waals surface area contributed by atoms with E-state index in [0.717, 1.165) is 31.0 Å². The standard InChI is InChI=1S/C19H19FN2O6/c1-2-3-10-27-19(24)13-4-7-15(8-5-13)21-18(23)12-28-17-11-14(20)6-9-16(17)22(25)26/h4-9,11H,2-3,10,12H2,1H3,(H,21,23). The zero-order chi connectivity index (χ0) is 20.5. The Hall–Kier alpha value is -3.49. The minimum Gasteiger partial charge on any atom is -0.477 e. The highest BCUT2D eigenvalue weighted by Crippen LogP contribution is 2.27. The number of anilines is 1. The topological polar surface area (TPSA) is 108 Å². The summed E-state index contributed by atoms with van der Waals surface area (Å²) in [5.41, 5.74) is 0.299. The molecule has 0 saturated heterocycles. The first kappa shape index (κ1) is 20.8. The molecule has 2 rings (SSSR count). The summed E-state index contributed by atoms with van der Waals surface area (Å²) in [7, 11) is 0. The molecule has 148 valence electrons. The number of carbonyl (C=O) groups is 2. The van der Waals surface area contributed by atoms with Crippen LogP contribution in [0.2, 0.25) is 0 Å². The molecule has 1 amide bonds. The lowest BCUT2D eigenvalue weighted by atomic mass is 10.2. The molecule has 28 heavy (non-hydrogen) atoms. The number of esters is 1. The molecule has 2 aromatic carbocycles. The number of amides is 1. The van der Waals surface area contributed by atoms with Gasteiger partial charge in [-0.1, -0.05) is 13.3 Å². The van der Waals surface area contributed by atoms with Crippen molar-refractivity contribution in [1.29, 1.82) is 0 Å². The second-order valence-electron chi connectivity index (χ2n) is 5.77. The van der Waals surface area contributed by atoms with Crippen molar-refractivity contribution in [1.82, 2.24) is 0 Å². The smallest absolute Gasteiger partial charge is 0.338 e. The number of hydrogen-bond donors (Lipinski definition) is 1. The second kappa shape index (κ2) is 10.0. The molecule has 0 spiro atoms. The average Bonchev–Trinajstić information content (AvgIpc) is 2.67. The number of hydrogen-bond acceptors (Lipinski definition) is 6. The van der Waals surface area contributed by atoms with Gasteiger partial charge in [0.2, 0.25) is 5.75 Å². The highest BCUT2D eigenvalue weighted by atomic mass is 19.1. The Morgan fingerprint density at radius 1 is 1.18 bits per heavy atom. The molecule has 8 nitrogen and oxygen atoms in total. The molecule has 0 saturated carbocycles. The molecule has 0 aromatic heterocycles. The molecule has 0 fully saturated rings. The molecular formula is C19H19FN2O6. The molecule has 9 heteroatoms. The summed E-state index contributed by atoms with van der Waals surface area (Å²) < 4.78 is 23.4. The first-order valence-corrected chi connectivity index (χ1v) is 8.54. The van der Waals surface area contributed by atoms with Crippen molar-refractivity contribution in [3.05, 3.63) is 64.0 Å². The third-order valence-electron chi connectivity index (χ3n) is 3.61. The maximum Gasteiger partial charge on any atom is 0.338 e. The summed E-state index contributed by atoms with van der Waals surface area (Å²) in [6, 6.07) is 8.76. The van der Waals surface area contributed by atoms with Crippen LogP contribution in [0.5, 0.6) is 5.75 Å². The van der Waals surface area contributed by atoms with Gasteiger partial charge >= 0.3 is 11.7 Å². The van der Waals surface area contributed by atoms with Crippen LogP contribution >= 0.6 is 0 Å². The van der Waals surface area contributed by atoms with Crippen LogP contribution in [-0.4, -0.2) is 30.0 Å². The van der Waals surface area contributed by atoms with E-state index in [2.05, 4.69) is 5.32 Å². The number of nitro benzene ring substituents is 1. The van der Waals surface area contributed by atoms with Crippen molar-refractivity contribution < 1.29 is 28.4 Å². The molecule has 2 aromatic rings. The van der Waals surface area contributed by atoms with Gasteiger partial charge in [-0.25, -0.2) is 9.18 Å². The average molecular weight is 390 g/mol. The Kier molecular flexibility index (Phi) is 7.44. The molecular weight excluding hydrogens is 371 g/mol. The number of unbranched alkanes of at least 4 members (excludes halogenated alkanes) is 1. The highest BCUT2D eigenvalue weighted by Gasteiger charge is 2.17. The Labute approximate surface area is 160 Å². The molecule has 0 aliphatic heterocycles. The van der Waals surface area contributed by atoms with Crippen LogP contribution in [0.25, 0.3) is 0 Å². The van der Waals surface area contributed by atoms with E-state index >= 15 is 0 Å². The van der Waals surface area contributed by atoms with Crippen molar-refractivity contribution in [2.75, 3.05) is 18.5 Å². The number of nitro groups is 1. The lowest BCUT2D eigenvalue weighted by Crippen LogP contribution is -2.20. The zero-order valence-corrected chi connectivity index (χ0v) is 15.1. The van der Waals surface area contributed by atoms with E-state index in [1.54, 1.807) is 0 Å². The normalized spacial score (nSPS) is 10.2. The number of carbonyl (C=O) groups excluding carboxylic acids is 2. The third-order valence-corrected chi connectivity index (χ3v) is 3.61. The molecule has 0 atom stereocenters. The van der Waals surface area contributed by atoms with E-state index in [-0.39, 0.29) is 5.75 Å². The van der Waals surface area contributed by atoms with Crippen molar-refractivity contribution in [3.8, 4) is 5.75 Å². The zero-order valence-electron chi connectivity index (χ0n) is 15.1. The number of halogens is 1. The summed E-state index contributed by atoms with van der Waals surface area (Å²) in [6.45, 7) is 1.78. The number of ether oxygens (including phenoxy) is 2. The fourth-order valence-electron chi connectivity index (χ4n) is 2.18. The van der Waals surface area contributed by atoms with Gasteiger partial charge in [0.1, 0.15) is 5.82 Å². The SMILES string of the molecule is CCCCOC(=O)c1ccc(NC(=O)COc2cc(F)ccc2[N+](=O)[O-])cc1. The molecule has 0 unspecified atom stereocenters. The third kappa shape index (κ3) is 6.04. The van der Waals surface area contributed by atoms with Crippen molar-refractivity contribution >= 4 is 23.3 Å². The van der Waals surface area contributed by atoms with Crippen LogP contribution in [0.1, 0.15) is 30.1 Å². The van der Waals surface area contributed by atoms with Gasteiger partial charge in [0.25, 0.3) is 5.91 Å². The first-order chi connectivity index (χ1) is 13.4.